The third kappa shape index (κ3) is 3.06. The van der Waals surface area contributed by atoms with E-state index < -0.39 is 5.91 Å². The molecule has 0 aliphatic rings. The Balaban J connectivity index is 1.42. The molecule has 0 unspecified atom stereocenters. The molecular weight excluding hydrogens is 366 g/mol. The standard InChI is InChI=1S/C23H15N3O3/c27-22-18-7-3-2-6-17(18)21(25-26-22)23(28)24-16-11-9-14(10-12-16)20-13-15-5-1-4-8-19(15)29-20/h1-13H,(H,24,28)(H,26,27). The average molecular weight is 381 g/mol. The SMILES string of the molecule is O=C(Nc1ccc(-c2cc3ccccc3o2)cc1)c1n[nH]c(=O)c2ccccc12. The van der Waals surface area contributed by atoms with Crippen molar-refractivity contribution in [2.24, 2.45) is 0 Å². The first-order chi connectivity index (χ1) is 14.2. The molecule has 1 amide bonds. The van der Waals surface area contributed by atoms with E-state index in [0.717, 1.165) is 22.3 Å². The zero-order valence-corrected chi connectivity index (χ0v) is 15.2. The first-order valence-electron chi connectivity index (χ1n) is 9.07. The molecule has 0 aliphatic carbocycles. The number of benzene rings is 3. The van der Waals surface area contributed by atoms with Crippen molar-refractivity contribution in [3.63, 3.8) is 0 Å². The van der Waals surface area contributed by atoms with Crippen LogP contribution in [0.3, 0.4) is 0 Å². The van der Waals surface area contributed by atoms with Crippen LogP contribution in [-0.4, -0.2) is 16.1 Å². The Morgan fingerprint density at radius 3 is 2.41 bits per heavy atom. The Bertz CT molecular complexity index is 1380. The lowest BCUT2D eigenvalue weighted by Crippen LogP contribution is -2.19. The number of hydrogen-bond acceptors (Lipinski definition) is 4. The van der Waals surface area contributed by atoms with Gasteiger partial charge >= 0.3 is 0 Å². The minimum atomic E-state index is -0.395. The lowest BCUT2D eigenvalue weighted by atomic mass is 10.1. The largest absolute Gasteiger partial charge is 0.456 e. The molecule has 5 aromatic rings. The Morgan fingerprint density at radius 2 is 1.62 bits per heavy atom. The number of fused-ring (bicyclic) bond motifs is 2. The van der Waals surface area contributed by atoms with Gasteiger partial charge in [-0.25, -0.2) is 5.10 Å². The highest BCUT2D eigenvalue weighted by atomic mass is 16.3. The maximum absolute atomic E-state index is 12.7. The summed E-state index contributed by atoms with van der Waals surface area (Å²) in [5.41, 5.74) is 2.20. The molecule has 0 spiro atoms. The van der Waals surface area contributed by atoms with Crippen LogP contribution in [0, 0.1) is 0 Å². The molecule has 3 aromatic carbocycles. The summed E-state index contributed by atoms with van der Waals surface area (Å²) < 4.78 is 5.87. The van der Waals surface area contributed by atoms with Gasteiger partial charge in [-0.05, 0) is 42.5 Å². The monoisotopic (exact) mass is 381 g/mol. The number of carbonyl (C=O) groups excluding carboxylic acids is 1. The van der Waals surface area contributed by atoms with Crippen LogP contribution in [0.2, 0.25) is 0 Å². The van der Waals surface area contributed by atoms with Gasteiger partial charge in [0.05, 0.1) is 5.39 Å². The molecule has 2 heterocycles. The predicted molar refractivity (Wildman–Crippen MR) is 112 cm³/mol. The molecule has 0 fully saturated rings. The van der Waals surface area contributed by atoms with Crippen LogP contribution in [0.1, 0.15) is 10.5 Å². The van der Waals surface area contributed by atoms with Crippen molar-refractivity contribution in [1.29, 1.82) is 0 Å². The lowest BCUT2D eigenvalue weighted by molar-refractivity contribution is 0.102. The second kappa shape index (κ2) is 6.76. The molecule has 6 heteroatoms. The molecular formula is C23H15N3O3. The molecule has 6 nitrogen and oxygen atoms in total. The fourth-order valence-corrected chi connectivity index (χ4v) is 3.32. The van der Waals surface area contributed by atoms with Gasteiger partial charge in [0, 0.05) is 22.0 Å². The molecule has 2 N–H and O–H groups in total. The lowest BCUT2D eigenvalue weighted by Gasteiger charge is -2.07. The molecule has 29 heavy (non-hydrogen) atoms. The topological polar surface area (TPSA) is 88.0 Å². The number of anilines is 1. The predicted octanol–water partition coefficient (Wildman–Crippen LogP) is 4.59. The van der Waals surface area contributed by atoms with Crippen molar-refractivity contribution >= 4 is 33.3 Å². The van der Waals surface area contributed by atoms with Crippen molar-refractivity contribution in [3.8, 4) is 11.3 Å². The van der Waals surface area contributed by atoms with Crippen LogP contribution >= 0.6 is 0 Å². The molecule has 0 aliphatic heterocycles. The van der Waals surface area contributed by atoms with Crippen LogP contribution in [0.4, 0.5) is 5.69 Å². The van der Waals surface area contributed by atoms with Gasteiger partial charge in [-0.3, -0.25) is 9.59 Å². The van der Waals surface area contributed by atoms with E-state index >= 15 is 0 Å². The van der Waals surface area contributed by atoms with Gasteiger partial charge in [0.15, 0.2) is 5.69 Å². The van der Waals surface area contributed by atoms with Crippen molar-refractivity contribution in [1.82, 2.24) is 10.2 Å². The summed E-state index contributed by atoms with van der Waals surface area (Å²) >= 11 is 0. The van der Waals surface area contributed by atoms with Gasteiger partial charge in [0.25, 0.3) is 11.5 Å². The van der Waals surface area contributed by atoms with Gasteiger partial charge in [-0.15, -0.1) is 0 Å². The van der Waals surface area contributed by atoms with E-state index in [1.807, 2.05) is 42.5 Å². The van der Waals surface area contributed by atoms with E-state index in [-0.39, 0.29) is 11.3 Å². The van der Waals surface area contributed by atoms with Crippen LogP contribution in [0.15, 0.2) is 88.1 Å². The highest BCUT2D eigenvalue weighted by Gasteiger charge is 2.14. The number of para-hydroxylation sites is 1. The zero-order valence-electron chi connectivity index (χ0n) is 15.2. The van der Waals surface area contributed by atoms with E-state index in [2.05, 4.69) is 15.5 Å². The summed E-state index contributed by atoms with van der Waals surface area (Å²) in [5.74, 6) is 0.367. The number of carbonyl (C=O) groups is 1. The zero-order chi connectivity index (χ0) is 19.8. The molecule has 0 saturated heterocycles. The van der Waals surface area contributed by atoms with E-state index in [1.54, 1.807) is 36.4 Å². The number of nitrogens with one attached hydrogen (secondary N) is 2. The van der Waals surface area contributed by atoms with Gasteiger partial charge in [-0.2, -0.15) is 5.10 Å². The number of aromatic nitrogens is 2. The Hall–Kier alpha value is -4.19. The minimum absolute atomic E-state index is 0.168. The fourth-order valence-electron chi connectivity index (χ4n) is 3.32. The Labute approximate surface area is 164 Å². The smallest absolute Gasteiger partial charge is 0.276 e. The first kappa shape index (κ1) is 16.9. The molecule has 2 aromatic heterocycles. The maximum Gasteiger partial charge on any atom is 0.276 e. The Kier molecular flexibility index (Phi) is 3.95. The van der Waals surface area contributed by atoms with Gasteiger partial charge in [-0.1, -0.05) is 36.4 Å². The second-order valence-corrected chi connectivity index (χ2v) is 6.63. The number of rotatable bonds is 3. The number of aromatic amines is 1. The van der Waals surface area contributed by atoms with Crippen molar-refractivity contribution in [2.45, 2.75) is 0 Å². The van der Waals surface area contributed by atoms with Crippen LogP contribution in [-0.2, 0) is 0 Å². The summed E-state index contributed by atoms with van der Waals surface area (Å²) in [6.45, 7) is 0. The van der Waals surface area contributed by atoms with Crippen molar-refractivity contribution in [2.75, 3.05) is 5.32 Å². The maximum atomic E-state index is 12.7. The average Bonchev–Trinajstić information content (AvgIpc) is 3.19. The molecule has 5 rings (SSSR count). The van der Waals surface area contributed by atoms with Gasteiger partial charge in [0.2, 0.25) is 0 Å². The summed E-state index contributed by atoms with van der Waals surface area (Å²) in [5, 5.41) is 11.1. The molecule has 140 valence electrons. The van der Waals surface area contributed by atoms with E-state index in [4.69, 9.17) is 4.42 Å². The molecule has 0 radical (unpaired) electrons. The van der Waals surface area contributed by atoms with E-state index in [1.165, 1.54) is 0 Å². The van der Waals surface area contributed by atoms with Crippen molar-refractivity contribution in [3.05, 3.63) is 94.9 Å². The van der Waals surface area contributed by atoms with Gasteiger partial charge in [0.1, 0.15) is 11.3 Å². The quantitative estimate of drug-likeness (QED) is 0.478. The highest BCUT2D eigenvalue weighted by molar-refractivity contribution is 6.11. The number of H-pyrrole nitrogens is 1. The number of hydrogen-bond donors (Lipinski definition) is 2. The Morgan fingerprint density at radius 1 is 0.897 bits per heavy atom. The van der Waals surface area contributed by atoms with Crippen LogP contribution in [0.5, 0.6) is 0 Å². The van der Waals surface area contributed by atoms with Crippen LogP contribution < -0.4 is 10.9 Å². The highest BCUT2D eigenvalue weighted by Crippen LogP contribution is 2.28. The summed E-state index contributed by atoms with van der Waals surface area (Å²) in [6.07, 6.45) is 0. The number of nitrogens with zero attached hydrogens (tertiary/aromatic N) is 1. The van der Waals surface area contributed by atoms with Crippen molar-refractivity contribution < 1.29 is 9.21 Å². The van der Waals surface area contributed by atoms with Crippen LogP contribution in [0.25, 0.3) is 33.1 Å². The third-order valence-corrected chi connectivity index (χ3v) is 4.76. The van der Waals surface area contributed by atoms with E-state index in [9.17, 15) is 9.59 Å². The summed E-state index contributed by atoms with van der Waals surface area (Å²) in [6, 6.07) is 24.1. The number of amides is 1. The van der Waals surface area contributed by atoms with Gasteiger partial charge < -0.3 is 9.73 Å². The molecule has 0 atom stereocenters. The first-order valence-corrected chi connectivity index (χ1v) is 9.07. The van der Waals surface area contributed by atoms with E-state index in [0.29, 0.717) is 16.5 Å². The summed E-state index contributed by atoms with van der Waals surface area (Å²) in [4.78, 5) is 24.6. The fraction of sp³-hybridized carbons (Fsp3) is 0. The summed E-state index contributed by atoms with van der Waals surface area (Å²) in [7, 11) is 0. The number of furan rings is 1. The second-order valence-electron chi connectivity index (χ2n) is 6.63. The third-order valence-electron chi connectivity index (χ3n) is 4.76. The molecule has 0 bridgehead atoms. The minimum Gasteiger partial charge on any atom is -0.456 e. The molecule has 0 saturated carbocycles. The normalized spacial score (nSPS) is 11.0.